The number of aliphatic hydroxyl groups excluding tert-OH is 2. The van der Waals surface area contributed by atoms with Crippen molar-refractivity contribution in [3.63, 3.8) is 0 Å². The van der Waals surface area contributed by atoms with Crippen LogP contribution in [0.2, 0.25) is 0 Å². The first-order chi connectivity index (χ1) is 15.2. The fourth-order valence-electron chi connectivity index (χ4n) is 5.92. The van der Waals surface area contributed by atoms with Crippen molar-refractivity contribution in [3.8, 4) is 0 Å². The molecule has 0 aromatic heterocycles. The van der Waals surface area contributed by atoms with E-state index in [1.54, 1.807) is 27.7 Å². The summed E-state index contributed by atoms with van der Waals surface area (Å²) >= 11 is 0. The number of ether oxygens (including phenoxy) is 3. The minimum atomic E-state index is -2.13. The Balaban J connectivity index is 2.47. The highest BCUT2D eigenvalue weighted by Gasteiger charge is 2.75. The summed E-state index contributed by atoms with van der Waals surface area (Å²) in [6, 6.07) is 0. The largest absolute Gasteiger partial charge is 0.393 e. The highest BCUT2D eigenvalue weighted by atomic mass is 16.6. The van der Waals surface area contributed by atoms with E-state index in [9.17, 15) is 35.7 Å². The van der Waals surface area contributed by atoms with Crippen molar-refractivity contribution >= 4 is 0 Å². The average Bonchev–Trinajstić information content (AvgIpc) is 2.70. The van der Waals surface area contributed by atoms with Gasteiger partial charge in [0.15, 0.2) is 0 Å². The van der Waals surface area contributed by atoms with Gasteiger partial charge in [0.2, 0.25) is 0 Å². The summed E-state index contributed by atoms with van der Waals surface area (Å²) in [4.78, 5) is 0. The Morgan fingerprint density at radius 1 is 0.486 bits per heavy atom. The topological polar surface area (TPSA) is 169 Å². The maximum absolute atomic E-state index is 11.7. The molecule has 2 fully saturated rings. The molecule has 0 aliphatic carbocycles. The molecule has 10 nitrogen and oxygen atoms in total. The quantitative estimate of drug-likeness (QED) is 0.256. The van der Waals surface area contributed by atoms with Gasteiger partial charge >= 0.3 is 0 Å². The van der Waals surface area contributed by atoms with Crippen molar-refractivity contribution < 1.29 is 50.0 Å². The average molecular weight is 509 g/mol. The molecule has 4 unspecified atom stereocenters. The molecule has 2 aliphatic heterocycles. The van der Waals surface area contributed by atoms with Gasteiger partial charge in [-0.25, -0.2) is 0 Å². The third kappa shape index (κ3) is 3.52. The summed E-state index contributed by atoms with van der Waals surface area (Å²) in [5, 5.41) is 77.2. The molecule has 0 aromatic rings. The molecule has 7 N–H and O–H groups in total. The molecule has 2 rings (SSSR count). The summed E-state index contributed by atoms with van der Waals surface area (Å²) in [5.74, 6) is 0. The van der Waals surface area contributed by atoms with Gasteiger partial charge in [0, 0.05) is 0 Å². The predicted molar refractivity (Wildman–Crippen MR) is 128 cm³/mol. The molecule has 2 heterocycles. The Bertz CT molecular complexity index is 819. The molecule has 0 bridgehead atoms. The smallest absolute Gasteiger partial charge is 0.124 e. The molecule has 0 saturated carbocycles. The van der Waals surface area contributed by atoms with Gasteiger partial charge in [0.25, 0.3) is 0 Å². The van der Waals surface area contributed by atoms with E-state index in [-0.39, 0.29) is 13.2 Å². The third-order valence-electron chi connectivity index (χ3n) is 10.6. The van der Waals surface area contributed by atoms with Gasteiger partial charge in [0.05, 0.1) is 43.0 Å². The molecule has 0 amide bonds. The highest BCUT2D eigenvalue weighted by molar-refractivity contribution is 5.24. The van der Waals surface area contributed by atoms with E-state index in [0.29, 0.717) is 0 Å². The second-order valence-electron chi connectivity index (χ2n) is 12.9. The zero-order chi connectivity index (χ0) is 27.9. The van der Waals surface area contributed by atoms with Crippen LogP contribution in [-0.2, 0) is 14.2 Å². The van der Waals surface area contributed by atoms with Gasteiger partial charge in [-0.05, 0) is 69.2 Å². The van der Waals surface area contributed by atoms with Crippen LogP contribution >= 0.6 is 0 Å². The van der Waals surface area contributed by atoms with Crippen molar-refractivity contribution in [1.29, 1.82) is 0 Å². The number of rotatable bonds is 6. The van der Waals surface area contributed by atoms with Crippen LogP contribution < -0.4 is 0 Å². The molecule has 2 saturated heterocycles. The van der Waals surface area contributed by atoms with Crippen LogP contribution in [0.3, 0.4) is 0 Å². The van der Waals surface area contributed by atoms with Crippen molar-refractivity contribution in [2.75, 3.05) is 26.4 Å². The Morgan fingerprint density at radius 3 is 1.34 bits per heavy atom. The molecule has 0 radical (unpaired) electrons. The van der Waals surface area contributed by atoms with Crippen LogP contribution in [0, 0.1) is 5.41 Å². The lowest BCUT2D eigenvalue weighted by Crippen LogP contribution is -2.85. The van der Waals surface area contributed by atoms with Gasteiger partial charge < -0.3 is 50.0 Å². The monoisotopic (exact) mass is 508 g/mol. The van der Waals surface area contributed by atoms with E-state index in [1.165, 1.54) is 48.5 Å². The number of hydrogen-bond acceptors (Lipinski definition) is 10. The Morgan fingerprint density at radius 2 is 0.914 bits per heavy atom. The van der Waals surface area contributed by atoms with Gasteiger partial charge in [-0.1, -0.05) is 6.92 Å². The van der Waals surface area contributed by atoms with Crippen LogP contribution in [0.4, 0.5) is 0 Å². The maximum Gasteiger partial charge on any atom is 0.124 e. The second kappa shape index (κ2) is 8.05. The molecule has 35 heavy (non-hydrogen) atoms. The highest BCUT2D eigenvalue weighted by Crippen LogP contribution is 2.58. The normalized spacial score (nSPS) is 56.7. The lowest BCUT2D eigenvalue weighted by Gasteiger charge is -2.67. The molecule has 208 valence electrons. The Hall–Kier alpha value is -0.400. The lowest BCUT2D eigenvalue weighted by molar-refractivity contribution is -0.413. The Labute approximate surface area is 208 Å². The molecular weight excluding hydrogens is 460 g/mol. The molecule has 2 aliphatic rings. The van der Waals surface area contributed by atoms with Gasteiger partial charge in [-0.3, -0.25) is 0 Å². The molecule has 0 spiro atoms. The standard InChI is InChI=1S/C25H48O10/c1-16(2)21(7,28)22(8,29)17(3,18(4,12-26)34-16)14-33-15-20(6)24(10,31)25(11,32)23(9,30)19(5,13-27)35-20/h26-32H,12-15H2,1-11H3/t17-,18?,19?,20-,21?,22-,23-,24?,25-/m1/s1. The fourth-order valence-corrected chi connectivity index (χ4v) is 5.92. The molecule has 10 heteroatoms. The summed E-state index contributed by atoms with van der Waals surface area (Å²) in [6.07, 6.45) is 0. The zero-order valence-electron chi connectivity index (χ0n) is 23.2. The first-order valence-electron chi connectivity index (χ1n) is 12.1. The van der Waals surface area contributed by atoms with Crippen LogP contribution in [0.5, 0.6) is 0 Å². The van der Waals surface area contributed by atoms with Gasteiger partial charge in [-0.2, -0.15) is 0 Å². The fraction of sp³-hybridized carbons (Fsp3) is 1.00. The SMILES string of the molecule is CC1(C)OC(C)(CO)[C@@](C)(COC[C@@]2(C)OC(C)(CO)[C@@](C)(O)[C@@](C)(O)C2(C)O)[C@@](C)(O)C1(C)O. The van der Waals surface area contributed by atoms with Crippen molar-refractivity contribution in [2.45, 2.75) is 127 Å². The summed E-state index contributed by atoms with van der Waals surface area (Å²) < 4.78 is 18.3. The van der Waals surface area contributed by atoms with Crippen LogP contribution in [0.15, 0.2) is 0 Å². The van der Waals surface area contributed by atoms with E-state index in [4.69, 9.17) is 14.2 Å². The van der Waals surface area contributed by atoms with E-state index >= 15 is 0 Å². The van der Waals surface area contributed by atoms with E-state index in [2.05, 4.69) is 0 Å². The van der Waals surface area contributed by atoms with E-state index in [1.807, 2.05) is 0 Å². The van der Waals surface area contributed by atoms with E-state index < -0.39 is 69.0 Å². The second-order valence-corrected chi connectivity index (χ2v) is 12.9. The van der Waals surface area contributed by atoms with Crippen molar-refractivity contribution in [2.24, 2.45) is 5.41 Å². The van der Waals surface area contributed by atoms with Crippen LogP contribution in [0.25, 0.3) is 0 Å². The van der Waals surface area contributed by atoms with Gasteiger partial charge in [-0.15, -0.1) is 0 Å². The first kappa shape index (κ1) is 30.8. The number of aliphatic hydroxyl groups is 7. The summed E-state index contributed by atoms with van der Waals surface area (Å²) in [6.45, 7) is 14.5. The zero-order valence-corrected chi connectivity index (χ0v) is 23.2. The molecular formula is C25H48O10. The first-order valence-corrected chi connectivity index (χ1v) is 12.1. The predicted octanol–water partition coefficient (Wildman–Crippen LogP) is -0.136. The Kier molecular flexibility index (Phi) is 7.09. The summed E-state index contributed by atoms with van der Waals surface area (Å²) in [7, 11) is 0. The molecule has 0 aromatic carbocycles. The van der Waals surface area contributed by atoms with Crippen molar-refractivity contribution in [3.05, 3.63) is 0 Å². The maximum atomic E-state index is 11.7. The van der Waals surface area contributed by atoms with E-state index in [0.717, 1.165) is 0 Å². The van der Waals surface area contributed by atoms with Crippen molar-refractivity contribution in [1.82, 2.24) is 0 Å². The van der Waals surface area contributed by atoms with Crippen LogP contribution in [-0.4, -0.2) is 113 Å². The number of hydrogen-bond donors (Lipinski definition) is 7. The van der Waals surface area contributed by atoms with Crippen LogP contribution in [0.1, 0.15) is 76.2 Å². The lowest BCUT2D eigenvalue weighted by atomic mass is 9.53. The minimum absolute atomic E-state index is 0.243. The summed E-state index contributed by atoms with van der Waals surface area (Å²) in [5.41, 5.74) is -17.0. The van der Waals surface area contributed by atoms with Gasteiger partial charge in [0.1, 0.15) is 39.2 Å². The third-order valence-corrected chi connectivity index (χ3v) is 10.6. The minimum Gasteiger partial charge on any atom is -0.393 e. The molecule has 9 atom stereocenters.